The van der Waals surface area contributed by atoms with Crippen LogP contribution < -0.4 is 0 Å². The Hall–Kier alpha value is 1.41. The van der Waals surface area contributed by atoms with Crippen molar-refractivity contribution in [2.24, 2.45) is 0 Å². The second-order valence-electron chi connectivity index (χ2n) is 0.781. The molecule has 0 aliphatic heterocycles. The van der Waals surface area contributed by atoms with Crippen molar-refractivity contribution in [1.82, 2.24) is 0 Å². The molecule has 0 N–H and O–H groups in total. The molecular weight excluding hydrogens is 289 g/mol. The molecule has 0 unspecified atom stereocenters. The van der Waals surface area contributed by atoms with E-state index in [1.807, 2.05) is 0 Å². The Kier molecular flexibility index (Phi) is 107. The Morgan fingerprint density at radius 2 is 1.10 bits per heavy atom. The van der Waals surface area contributed by atoms with Crippen molar-refractivity contribution in [2.75, 3.05) is 0 Å². The molecular formula is C8H20TeZn. The van der Waals surface area contributed by atoms with Crippen LogP contribution in [-0.4, -0.2) is 20.9 Å². The van der Waals surface area contributed by atoms with Crippen molar-refractivity contribution in [2.45, 2.75) is 36.6 Å². The topological polar surface area (TPSA) is 0 Å². The summed E-state index contributed by atoms with van der Waals surface area (Å²) in [5, 5.41) is 0. The molecule has 0 saturated carbocycles. The van der Waals surface area contributed by atoms with E-state index >= 15 is 0 Å². The maximum atomic E-state index is 3.25. The summed E-state index contributed by atoms with van der Waals surface area (Å²) in [6.45, 7) is 14.5. The van der Waals surface area contributed by atoms with Gasteiger partial charge in [-0.25, -0.2) is 0 Å². The van der Waals surface area contributed by atoms with E-state index in [0.717, 1.165) is 0 Å². The van der Waals surface area contributed by atoms with Crippen LogP contribution in [0.15, 0.2) is 0 Å². The van der Waals surface area contributed by atoms with Gasteiger partial charge in [-0.2, -0.15) is 13.8 Å². The van der Waals surface area contributed by atoms with Crippen LogP contribution in [0.1, 0.15) is 27.7 Å². The quantitative estimate of drug-likeness (QED) is 0.543. The smallest absolute Gasteiger partial charge is 0.346 e. The molecule has 0 nitrogen and oxygen atoms in total. The molecule has 0 fully saturated rings. The minimum Gasteiger partial charge on any atom is -0.346 e. The number of rotatable bonds is 2. The fourth-order valence-corrected chi connectivity index (χ4v) is 1.37. The number of hydrogen-bond acceptors (Lipinski definition) is 0. The van der Waals surface area contributed by atoms with Crippen molar-refractivity contribution in [3.63, 3.8) is 0 Å². The monoisotopic (exact) mass is 310 g/mol. The molecule has 2 heteroatoms. The van der Waals surface area contributed by atoms with Crippen LogP contribution in [0.5, 0.6) is 0 Å². The zero-order valence-corrected chi connectivity index (χ0v) is 13.2. The van der Waals surface area contributed by atoms with E-state index in [-0.39, 0.29) is 19.5 Å². The molecule has 0 aromatic heterocycles. The molecule has 0 rings (SSSR count). The summed E-state index contributed by atoms with van der Waals surface area (Å²) in [6.07, 6.45) is 0. The van der Waals surface area contributed by atoms with Gasteiger partial charge in [0.15, 0.2) is 0 Å². The summed E-state index contributed by atoms with van der Waals surface area (Å²) in [5.41, 5.74) is 0. The molecule has 0 aromatic rings. The van der Waals surface area contributed by atoms with Crippen molar-refractivity contribution in [3.8, 4) is 0 Å². The maximum absolute atomic E-state index is 3.25. The molecule has 0 aromatic carbocycles. The van der Waals surface area contributed by atoms with Gasteiger partial charge in [0.1, 0.15) is 0 Å². The van der Waals surface area contributed by atoms with Gasteiger partial charge in [0.05, 0.1) is 0 Å². The minimum atomic E-state index is 0. The Balaban J connectivity index is -0.0000000315. The molecule has 0 spiro atoms. The third-order valence-electron chi connectivity index (χ3n) is 0.408. The maximum Gasteiger partial charge on any atom is 2.00 e. The molecule has 0 atom stereocenters. The third kappa shape index (κ3) is 57.2. The summed E-state index contributed by atoms with van der Waals surface area (Å²) in [5.74, 6) is 0. The molecule has 0 radical (unpaired) electrons. The Labute approximate surface area is 90.4 Å². The summed E-state index contributed by atoms with van der Waals surface area (Å²) in [4.78, 5) is 0. The molecule has 0 amide bonds. The van der Waals surface area contributed by atoms with E-state index < -0.39 is 0 Å². The Morgan fingerprint density at radius 1 is 0.900 bits per heavy atom. The molecule has 0 bridgehead atoms. The molecule has 0 aliphatic carbocycles. The predicted molar refractivity (Wildman–Crippen MR) is 48.8 cm³/mol. The van der Waals surface area contributed by atoms with E-state index in [1.165, 1.54) is 8.94 Å². The van der Waals surface area contributed by atoms with Gasteiger partial charge in [0.25, 0.3) is 0 Å². The van der Waals surface area contributed by atoms with Crippen LogP contribution in [0.2, 0.25) is 8.94 Å². The van der Waals surface area contributed by atoms with Crippen LogP contribution in [0, 0.1) is 13.8 Å². The zero-order chi connectivity index (χ0) is 8.12. The van der Waals surface area contributed by atoms with E-state index in [4.69, 9.17) is 0 Å². The summed E-state index contributed by atoms with van der Waals surface area (Å²) in [7, 11) is 0. The summed E-state index contributed by atoms with van der Waals surface area (Å²) in [6, 6.07) is 0. The van der Waals surface area contributed by atoms with Crippen molar-refractivity contribution in [3.05, 3.63) is 13.8 Å². The average molecular weight is 309 g/mol. The summed E-state index contributed by atoms with van der Waals surface area (Å²) >= 11 is 0.493. The van der Waals surface area contributed by atoms with E-state index in [1.54, 1.807) is 13.8 Å². The van der Waals surface area contributed by atoms with Crippen LogP contribution >= 0.6 is 0 Å². The van der Waals surface area contributed by atoms with Gasteiger partial charge >= 0.3 is 63.2 Å². The third-order valence-corrected chi connectivity index (χ3v) is 2.74. The van der Waals surface area contributed by atoms with Gasteiger partial charge in [-0.15, -0.1) is 0 Å². The van der Waals surface area contributed by atoms with Gasteiger partial charge in [-0.05, 0) is 0 Å². The van der Waals surface area contributed by atoms with Crippen LogP contribution in [0.4, 0.5) is 0 Å². The first-order chi connectivity index (χ1) is 4.41. The van der Waals surface area contributed by atoms with Gasteiger partial charge in [-0.1, -0.05) is 0 Å². The van der Waals surface area contributed by atoms with Crippen LogP contribution in [-0.2, 0) is 19.5 Å². The second kappa shape index (κ2) is 47.4. The Morgan fingerprint density at radius 3 is 1.10 bits per heavy atom. The van der Waals surface area contributed by atoms with Crippen molar-refractivity contribution >= 4 is 20.9 Å². The van der Waals surface area contributed by atoms with Crippen molar-refractivity contribution < 1.29 is 19.5 Å². The zero-order valence-electron chi connectivity index (χ0n) is 7.94. The molecule has 10 heavy (non-hydrogen) atoms. The van der Waals surface area contributed by atoms with E-state index in [2.05, 4.69) is 27.7 Å². The molecule has 60 valence electrons. The van der Waals surface area contributed by atoms with Crippen LogP contribution in [0.25, 0.3) is 0 Å². The minimum absolute atomic E-state index is 0. The molecule has 0 saturated heterocycles. The fraction of sp³-hybridized carbons (Fsp3) is 0.750. The fourth-order valence-electron chi connectivity index (χ4n) is 0.204. The summed E-state index contributed by atoms with van der Waals surface area (Å²) < 4.78 is 2.95. The standard InChI is InChI=1S/C4H10Te.2C2H5.Zn/c1-3-5-4-2;2*1-2;/h3-4H2,1-2H3;2*1H2,2H3;/q;2*-1;+2. The first-order valence-electron chi connectivity index (χ1n) is 3.41. The molecule has 0 heterocycles. The number of hydrogen-bond donors (Lipinski definition) is 0. The normalized spacial score (nSPS) is 5.40. The molecule has 0 aliphatic rings. The SMILES string of the molecule is CC[Te]CC.[CH2-]C.[CH2-]C.[Zn+2]. The first-order valence-corrected chi connectivity index (χ1v) is 6.70. The first kappa shape index (κ1) is 22.5. The van der Waals surface area contributed by atoms with E-state index in [9.17, 15) is 0 Å². The Bertz CT molecular complexity index is 16.7. The van der Waals surface area contributed by atoms with Crippen molar-refractivity contribution in [1.29, 1.82) is 0 Å². The van der Waals surface area contributed by atoms with Gasteiger partial charge in [-0.3, -0.25) is 0 Å². The van der Waals surface area contributed by atoms with Gasteiger partial charge in [0.2, 0.25) is 0 Å². The predicted octanol–water partition coefficient (Wildman–Crippen LogP) is 3.25. The van der Waals surface area contributed by atoms with Gasteiger partial charge < -0.3 is 13.8 Å². The largest absolute Gasteiger partial charge is 2.00 e. The van der Waals surface area contributed by atoms with Crippen LogP contribution in [0.3, 0.4) is 0 Å². The second-order valence-corrected chi connectivity index (χ2v) is 5.24. The van der Waals surface area contributed by atoms with E-state index in [0.29, 0.717) is 20.9 Å². The average Bonchev–Trinajstić information content (AvgIpc) is 1.98. The van der Waals surface area contributed by atoms with Gasteiger partial charge in [0, 0.05) is 0 Å².